The molecular formula is C17H14N4O2S. The van der Waals surface area contributed by atoms with Crippen LogP contribution in [0.1, 0.15) is 20.8 Å². The zero-order valence-corrected chi connectivity index (χ0v) is 13.3. The summed E-state index contributed by atoms with van der Waals surface area (Å²) >= 11 is 5.23. The Morgan fingerprint density at radius 2 is 1.46 bits per heavy atom. The number of aromatic nitrogens is 2. The standard InChI is InChI=1S/C17H14N4O2S/c22-15(12-7-3-1-4-8-12)19-20-16(23)14-11-18-17(24)21(14)13-9-5-2-6-10-13/h1-11H,(H,18,24)(H,19,22)(H,20,23). The number of hydrogen-bond acceptors (Lipinski definition) is 3. The fourth-order valence-corrected chi connectivity index (χ4v) is 2.47. The van der Waals surface area contributed by atoms with Gasteiger partial charge in [-0.15, -0.1) is 0 Å². The van der Waals surface area contributed by atoms with Crippen LogP contribution in [0.25, 0.3) is 5.69 Å². The van der Waals surface area contributed by atoms with Crippen LogP contribution in [0.5, 0.6) is 0 Å². The molecule has 2 amide bonds. The molecule has 1 heterocycles. The van der Waals surface area contributed by atoms with Gasteiger partial charge in [0.1, 0.15) is 5.69 Å². The van der Waals surface area contributed by atoms with Crippen molar-refractivity contribution in [3.63, 3.8) is 0 Å². The van der Waals surface area contributed by atoms with Crippen molar-refractivity contribution in [3.8, 4) is 5.69 Å². The number of para-hydroxylation sites is 1. The van der Waals surface area contributed by atoms with Crippen LogP contribution >= 0.6 is 12.2 Å². The fourth-order valence-electron chi connectivity index (χ4n) is 2.21. The first-order valence-electron chi connectivity index (χ1n) is 7.18. The Bertz CT molecular complexity index is 917. The number of rotatable bonds is 3. The number of aromatic amines is 1. The molecule has 3 rings (SSSR count). The van der Waals surface area contributed by atoms with E-state index in [0.717, 1.165) is 5.69 Å². The number of hydrazine groups is 1. The average Bonchev–Trinajstić information content (AvgIpc) is 3.02. The van der Waals surface area contributed by atoms with Gasteiger partial charge in [-0.1, -0.05) is 36.4 Å². The molecule has 0 aliphatic heterocycles. The second kappa shape index (κ2) is 6.93. The van der Waals surface area contributed by atoms with E-state index in [9.17, 15) is 9.59 Å². The summed E-state index contributed by atoms with van der Waals surface area (Å²) in [5.41, 5.74) is 6.28. The molecule has 0 radical (unpaired) electrons. The molecule has 0 spiro atoms. The predicted molar refractivity (Wildman–Crippen MR) is 92.3 cm³/mol. The van der Waals surface area contributed by atoms with E-state index in [1.165, 1.54) is 6.20 Å². The molecule has 0 saturated carbocycles. The summed E-state index contributed by atoms with van der Waals surface area (Å²) in [5.74, 6) is -0.875. The van der Waals surface area contributed by atoms with Gasteiger partial charge < -0.3 is 4.98 Å². The minimum absolute atomic E-state index is 0.291. The van der Waals surface area contributed by atoms with Gasteiger partial charge in [0.2, 0.25) is 0 Å². The van der Waals surface area contributed by atoms with Crippen LogP contribution in [0.4, 0.5) is 0 Å². The zero-order chi connectivity index (χ0) is 16.9. The zero-order valence-electron chi connectivity index (χ0n) is 12.5. The summed E-state index contributed by atoms with van der Waals surface area (Å²) in [6, 6.07) is 17.9. The highest BCUT2D eigenvalue weighted by Crippen LogP contribution is 2.12. The lowest BCUT2D eigenvalue weighted by molar-refractivity contribution is 0.0843. The summed E-state index contributed by atoms with van der Waals surface area (Å²) in [6.07, 6.45) is 1.50. The monoisotopic (exact) mass is 338 g/mol. The molecule has 0 fully saturated rings. The predicted octanol–water partition coefficient (Wildman–Crippen LogP) is 2.61. The lowest BCUT2D eigenvalue weighted by atomic mass is 10.2. The van der Waals surface area contributed by atoms with Gasteiger partial charge in [-0.2, -0.15) is 0 Å². The Hall–Kier alpha value is -3.19. The molecule has 3 N–H and O–H groups in total. The second-order valence-corrected chi connectivity index (χ2v) is 5.31. The maximum absolute atomic E-state index is 12.4. The number of H-pyrrole nitrogens is 1. The normalized spacial score (nSPS) is 10.2. The Labute approximate surface area is 143 Å². The SMILES string of the molecule is O=C(NNC(=O)c1c[nH]c(=S)n1-c1ccccc1)c1ccccc1. The van der Waals surface area contributed by atoms with Crippen LogP contribution in [0.2, 0.25) is 0 Å². The lowest BCUT2D eigenvalue weighted by Gasteiger charge is -2.10. The second-order valence-electron chi connectivity index (χ2n) is 4.92. The van der Waals surface area contributed by atoms with Crippen molar-refractivity contribution in [3.05, 3.63) is 82.9 Å². The van der Waals surface area contributed by atoms with Crippen LogP contribution in [-0.4, -0.2) is 21.4 Å². The van der Waals surface area contributed by atoms with E-state index in [4.69, 9.17) is 12.2 Å². The molecule has 120 valence electrons. The summed E-state index contributed by atoms with van der Waals surface area (Å²) in [6.45, 7) is 0. The number of benzene rings is 2. The number of amides is 2. The van der Waals surface area contributed by atoms with Crippen LogP contribution in [0.15, 0.2) is 66.9 Å². The summed E-state index contributed by atoms with van der Waals surface area (Å²) in [5, 5.41) is 0. The topological polar surface area (TPSA) is 78.9 Å². The van der Waals surface area contributed by atoms with E-state index in [0.29, 0.717) is 16.0 Å². The molecule has 6 nitrogen and oxygen atoms in total. The van der Waals surface area contributed by atoms with Gasteiger partial charge in [0.05, 0.1) is 0 Å². The highest BCUT2D eigenvalue weighted by atomic mass is 32.1. The van der Waals surface area contributed by atoms with E-state index in [2.05, 4.69) is 15.8 Å². The minimum atomic E-state index is -0.476. The number of nitrogens with zero attached hydrogens (tertiary/aromatic N) is 1. The summed E-state index contributed by atoms with van der Waals surface area (Å²) < 4.78 is 1.99. The van der Waals surface area contributed by atoms with Crippen molar-refractivity contribution in [2.24, 2.45) is 0 Å². The Morgan fingerprint density at radius 1 is 0.875 bits per heavy atom. The third-order valence-electron chi connectivity index (χ3n) is 3.35. The van der Waals surface area contributed by atoms with Crippen molar-refractivity contribution in [2.45, 2.75) is 0 Å². The van der Waals surface area contributed by atoms with Gasteiger partial charge >= 0.3 is 0 Å². The number of hydrogen-bond donors (Lipinski definition) is 3. The third-order valence-corrected chi connectivity index (χ3v) is 3.65. The molecule has 0 atom stereocenters. The molecule has 0 aliphatic rings. The highest BCUT2D eigenvalue weighted by molar-refractivity contribution is 7.71. The molecule has 2 aromatic carbocycles. The molecule has 0 aliphatic carbocycles. The summed E-state index contributed by atoms with van der Waals surface area (Å²) in [4.78, 5) is 27.2. The van der Waals surface area contributed by atoms with Crippen LogP contribution in [-0.2, 0) is 0 Å². The molecule has 0 saturated heterocycles. The third kappa shape index (κ3) is 3.26. The molecule has 1 aromatic heterocycles. The van der Waals surface area contributed by atoms with Crippen molar-refractivity contribution in [1.29, 1.82) is 0 Å². The largest absolute Gasteiger partial charge is 0.336 e. The van der Waals surface area contributed by atoms with Crippen molar-refractivity contribution < 1.29 is 9.59 Å². The van der Waals surface area contributed by atoms with Crippen molar-refractivity contribution >= 4 is 24.0 Å². The molecule has 3 aromatic rings. The highest BCUT2D eigenvalue weighted by Gasteiger charge is 2.15. The minimum Gasteiger partial charge on any atom is -0.336 e. The average molecular weight is 338 g/mol. The van der Waals surface area contributed by atoms with Gasteiger partial charge in [0.15, 0.2) is 4.77 Å². The maximum atomic E-state index is 12.4. The molecule has 24 heavy (non-hydrogen) atoms. The van der Waals surface area contributed by atoms with Gasteiger partial charge in [-0.05, 0) is 36.5 Å². The molecule has 0 unspecified atom stereocenters. The summed E-state index contributed by atoms with van der Waals surface area (Å²) in [7, 11) is 0. The van der Waals surface area contributed by atoms with E-state index in [-0.39, 0.29) is 0 Å². The van der Waals surface area contributed by atoms with Crippen LogP contribution in [0.3, 0.4) is 0 Å². The number of carbonyl (C=O) groups is 2. The Balaban J connectivity index is 1.77. The number of nitrogens with one attached hydrogen (secondary N) is 3. The smallest absolute Gasteiger partial charge is 0.288 e. The van der Waals surface area contributed by atoms with Crippen LogP contribution < -0.4 is 10.9 Å². The maximum Gasteiger partial charge on any atom is 0.288 e. The van der Waals surface area contributed by atoms with Gasteiger partial charge in [-0.25, -0.2) is 0 Å². The fraction of sp³-hybridized carbons (Fsp3) is 0. The quantitative estimate of drug-likeness (QED) is 0.507. The number of imidazole rings is 1. The van der Waals surface area contributed by atoms with Crippen molar-refractivity contribution in [2.75, 3.05) is 0 Å². The molecule has 7 heteroatoms. The van der Waals surface area contributed by atoms with Gasteiger partial charge in [0.25, 0.3) is 11.8 Å². The van der Waals surface area contributed by atoms with Gasteiger partial charge in [-0.3, -0.25) is 25.0 Å². The van der Waals surface area contributed by atoms with E-state index >= 15 is 0 Å². The van der Waals surface area contributed by atoms with E-state index in [1.807, 2.05) is 36.4 Å². The first kappa shape index (κ1) is 15.7. The Morgan fingerprint density at radius 3 is 2.12 bits per heavy atom. The first-order chi connectivity index (χ1) is 11.7. The first-order valence-corrected chi connectivity index (χ1v) is 7.59. The van der Waals surface area contributed by atoms with Crippen LogP contribution in [0, 0.1) is 4.77 Å². The Kier molecular flexibility index (Phi) is 4.53. The number of carbonyl (C=O) groups excluding carboxylic acids is 2. The van der Waals surface area contributed by atoms with Crippen molar-refractivity contribution in [1.82, 2.24) is 20.4 Å². The van der Waals surface area contributed by atoms with Gasteiger partial charge in [0, 0.05) is 17.4 Å². The molecule has 0 bridgehead atoms. The molecular weight excluding hydrogens is 324 g/mol. The van der Waals surface area contributed by atoms with E-state index in [1.54, 1.807) is 28.8 Å². The van der Waals surface area contributed by atoms with E-state index < -0.39 is 11.8 Å². The lowest BCUT2D eigenvalue weighted by Crippen LogP contribution is -2.42.